The molecule has 6 nitrogen and oxygen atoms in total. The second-order valence-corrected chi connectivity index (χ2v) is 7.26. The van der Waals surface area contributed by atoms with Crippen molar-refractivity contribution in [1.82, 2.24) is 4.90 Å². The highest BCUT2D eigenvalue weighted by Gasteiger charge is 2.40. The molecule has 0 saturated carbocycles. The van der Waals surface area contributed by atoms with E-state index in [-0.39, 0.29) is 10.7 Å². The van der Waals surface area contributed by atoms with E-state index in [0.29, 0.717) is 10.7 Å². The average Bonchev–Trinajstić information content (AvgIpc) is 3.29. The van der Waals surface area contributed by atoms with E-state index in [1.807, 2.05) is 30.3 Å². The molecule has 1 aliphatic rings. The van der Waals surface area contributed by atoms with Crippen molar-refractivity contribution in [3.8, 4) is 0 Å². The Labute approximate surface area is 164 Å². The first kappa shape index (κ1) is 18.9. The van der Waals surface area contributed by atoms with Gasteiger partial charge in [0, 0.05) is 11.6 Å². The lowest BCUT2D eigenvalue weighted by molar-refractivity contribution is -0.131. The molecule has 0 bridgehead atoms. The number of amides is 2. The van der Waals surface area contributed by atoms with Gasteiger partial charge in [0.25, 0.3) is 5.91 Å². The van der Waals surface area contributed by atoms with Crippen molar-refractivity contribution in [1.29, 1.82) is 0 Å². The third-order valence-corrected chi connectivity index (χ3v) is 5.18. The first-order chi connectivity index (χ1) is 13.1. The molecule has 0 N–H and O–H groups in total. The summed E-state index contributed by atoms with van der Waals surface area (Å²) < 4.78 is 5.40. The van der Waals surface area contributed by atoms with Crippen molar-refractivity contribution in [3.63, 3.8) is 0 Å². The lowest BCUT2D eigenvalue weighted by Gasteiger charge is -2.23. The van der Waals surface area contributed by atoms with Crippen LogP contribution in [0.3, 0.4) is 0 Å². The number of carbonyl (C=O) groups excluding carboxylic acids is 2. The van der Waals surface area contributed by atoms with Crippen LogP contribution in [0.4, 0.5) is 0 Å². The van der Waals surface area contributed by atoms with Gasteiger partial charge in [0.1, 0.15) is 16.1 Å². The Bertz CT molecular complexity index is 920. The quantitative estimate of drug-likeness (QED) is 0.417. The number of hydrogen-bond donors (Lipinski definition) is 0. The molecule has 0 spiro atoms. The van der Waals surface area contributed by atoms with Crippen LogP contribution in [0.25, 0.3) is 6.08 Å². The fraction of sp³-hybridized carbons (Fsp3) is 0.105. The third kappa shape index (κ3) is 4.47. The standard InChI is InChI=1S/C19H14N2O4S2/c22-17(20-24)15(12-13-6-2-1-3-7-13)21-18(23)16(27-19(21)26)10-4-8-14-9-5-11-25-14/h1-11,15H,12H2/b8-4+,16-10-. The lowest BCUT2D eigenvalue weighted by atomic mass is 10.0. The zero-order valence-electron chi connectivity index (χ0n) is 14.0. The van der Waals surface area contributed by atoms with E-state index in [0.717, 1.165) is 17.3 Å². The van der Waals surface area contributed by atoms with Gasteiger partial charge in [-0.25, -0.2) is 0 Å². The second kappa shape index (κ2) is 8.70. The Morgan fingerprint density at radius 3 is 2.70 bits per heavy atom. The van der Waals surface area contributed by atoms with Gasteiger partial charge in [-0.05, 0) is 29.8 Å². The predicted octanol–water partition coefficient (Wildman–Crippen LogP) is 3.94. The monoisotopic (exact) mass is 398 g/mol. The zero-order valence-corrected chi connectivity index (χ0v) is 15.6. The topological polar surface area (TPSA) is 80.0 Å². The summed E-state index contributed by atoms with van der Waals surface area (Å²) in [6.07, 6.45) is 6.67. The molecular formula is C19H14N2O4S2. The zero-order chi connectivity index (χ0) is 19.2. The Morgan fingerprint density at radius 1 is 1.26 bits per heavy atom. The number of thioether (sulfide) groups is 1. The van der Waals surface area contributed by atoms with Crippen molar-refractivity contribution in [2.24, 2.45) is 5.18 Å². The summed E-state index contributed by atoms with van der Waals surface area (Å²) in [5, 5.41) is 2.52. The Morgan fingerprint density at radius 2 is 2.04 bits per heavy atom. The smallest absolute Gasteiger partial charge is 0.309 e. The number of nitroso groups, excluding NO2 is 1. The molecule has 1 fully saturated rings. The van der Waals surface area contributed by atoms with E-state index >= 15 is 0 Å². The number of allylic oxidation sites excluding steroid dienone is 2. The SMILES string of the molecule is O=NC(=O)C(Cc1ccccc1)N1C(=O)/C(=C/C=C/c2ccco2)SC1=S. The summed E-state index contributed by atoms with van der Waals surface area (Å²) in [5.41, 5.74) is 0.801. The summed E-state index contributed by atoms with van der Waals surface area (Å²) >= 11 is 6.35. The predicted molar refractivity (Wildman–Crippen MR) is 108 cm³/mol. The van der Waals surface area contributed by atoms with Crippen LogP contribution in [0.2, 0.25) is 0 Å². The fourth-order valence-electron chi connectivity index (χ4n) is 2.57. The van der Waals surface area contributed by atoms with Crippen LogP contribution in [0.15, 0.2) is 75.4 Å². The number of rotatable bonds is 6. The first-order valence-electron chi connectivity index (χ1n) is 7.98. The summed E-state index contributed by atoms with van der Waals surface area (Å²) in [6.45, 7) is 0. The van der Waals surface area contributed by atoms with Gasteiger partial charge >= 0.3 is 5.91 Å². The summed E-state index contributed by atoms with van der Waals surface area (Å²) in [4.78, 5) is 37.2. The lowest BCUT2D eigenvalue weighted by Crippen LogP contribution is -2.44. The van der Waals surface area contributed by atoms with Crippen molar-refractivity contribution in [2.45, 2.75) is 12.5 Å². The molecular weight excluding hydrogens is 384 g/mol. The van der Waals surface area contributed by atoms with Crippen LogP contribution in [-0.2, 0) is 16.0 Å². The van der Waals surface area contributed by atoms with E-state index in [4.69, 9.17) is 16.6 Å². The minimum atomic E-state index is -1.06. The van der Waals surface area contributed by atoms with Crippen molar-refractivity contribution in [2.75, 3.05) is 0 Å². The van der Waals surface area contributed by atoms with Crippen molar-refractivity contribution >= 4 is 46.2 Å². The van der Waals surface area contributed by atoms with Crippen molar-refractivity contribution in [3.05, 3.63) is 82.0 Å². The Kier molecular flexibility index (Phi) is 6.10. The molecule has 1 atom stereocenters. The van der Waals surface area contributed by atoms with E-state index < -0.39 is 17.9 Å². The highest BCUT2D eigenvalue weighted by atomic mass is 32.2. The number of nitrogens with zero attached hydrogens (tertiary/aromatic N) is 2. The number of hydrogen-bond acceptors (Lipinski definition) is 6. The number of thiocarbonyl (C=S) groups is 1. The first-order valence-corrected chi connectivity index (χ1v) is 9.21. The van der Waals surface area contributed by atoms with Gasteiger partial charge in [-0.2, -0.15) is 0 Å². The van der Waals surface area contributed by atoms with E-state index in [1.54, 1.807) is 36.6 Å². The molecule has 1 aromatic carbocycles. The van der Waals surface area contributed by atoms with Gasteiger partial charge < -0.3 is 4.42 Å². The van der Waals surface area contributed by atoms with Gasteiger partial charge in [0.2, 0.25) is 0 Å². The van der Waals surface area contributed by atoms with Gasteiger partial charge in [-0.3, -0.25) is 14.5 Å². The molecule has 1 saturated heterocycles. The highest BCUT2D eigenvalue weighted by molar-refractivity contribution is 8.26. The van der Waals surface area contributed by atoms with Gasteiger partial charge in [-0.1, -0.05) is 60.4 Å². The van der Waals surface area contributed by atoms with Crippen molar-refractivity contribution < 1.29 is 14.0 Å². The number of carbonyl (C=O) groups is 2. The Hall–Kier alpha value is -2.84. The van der Waals surface area contributed by atoms with E-state index in [2.05, 4.69) is 5.18 Å². The minimum Gasteiger partial charge on any atom is -0.465 e. The summed E-state index contributed by atoms with van der Waals surface area (Å²) in [7, 11) is 0. The summed E-state index contributed by atoms with van der Waals surface area (Å²) in [6, 6.07) is 11.6. The molecule has 27 heavy (non-hydrogen) atoms. The molecule has 136 valence electrons. The molecule has 1 aromatic heterocycles. The van der Waals surface area contributed by atoms with Crippen LogP contribution in [0.5, 0.6) is 0 Å². The maximum atomic E-state index is 12.8. The van der Waals surface area contributed by atoms with Gasteiger partial charge in [-0.15, -0.1) is 4.91 Å². The van der Waals surface area contributed by atoms with E-state index in [1.165, 1.54) is 4.90 Å². The molecule has 2 heterocycles. The second-order valence-electron chi connectivity index (χ2n) is 5.58. The van der Waals surface area contributed by atoms with Crippen LogP contribution < -0.4 is 0 Å². The molecule has 2 aromatic rings. The van der Waals surface area contributed by atoms with Gasteiger partial charge in [0.05, 0.1) is 11.2 Å². The largest absolute Gasteiger partial charge is 0.465 e. The Balaban J connectivity index is 1.82. The minimum absolute atomic E-state index is 0.160. The molecule has 1 aliphatic heterocycles. The molecule has 0 aliphatic carbocycles. The molecule has 0 radical (unpaired) electrons. The van der Waals surface area contributed by atoms with Gasteiger partial charge in [0.15, 0.2) is 0 Å². The fourth-order valence-corrected chi connectivity index (χ4v) is 3.87. The normalized spacial score (nSPS) is 17.0. The summed E-state index contributed by atoms with van der Waals surface area (Å²) in [5.74, 6) is -0.710. The van der Waals surface area contributed by atoms with E-state index in [9.17, 15) is 14.5 Å². The molecule has 1 unspecified atom stereocenters. The highest BCUT2D eigenvalue weighted by Crippen LogP contribution is 2.33. The van der Waals surface area contributed by atoms with Crippen LogP contribution in [0.1, 0.15) is 11.3 Å². The number of benzene rings is 1. The molecule has 2 amide bonds. The molecule has 3 rings (SSSR count). The molecule has 8 heteroatoms. The third-order valence-electron chi connectivity index (χ3n) is 3.83. The maximum absolute atomic E-state index is 12.8. The van der Waals surface area contributed by atoms with Crippen LogP contribution >= 0.6 is 24.0 Å². The maximum Gasteiger partial charge on any atom is 0.309 e. The van der Waals surface area contributed by atoms with Crippen LogP contribution in [-0.4, -0.2) is 27.1 Å². The average molecular weight is 398 g/mol. The number of furan rings is 1. The van der Waals surface area contributed by atoms with Crippen LogP contribution in [0, 0.1) is 4.91 Å².